The number of ether oxygens (including phenoxy) is 1. The molecule has 3 nitrogen and oxygen atoms in total. The van der Waals surface area contributed by atoms with Crippen LogP contribution < -0.4 is 10.5 Å². The Bertz CT molecular complexity index is 486. The van der Waals surface area contributed by atoms with Crippen molar-refractivity contribution in [2.75, 3.05) is 19.7 Å². The first-order valence-electron chi connectivity index (χ1n) is 7.93. The number of nitrogens with zero attached hydrogens (tertiary/aromatic N) is 1. The molecule has 21 heavy (non-hydrogen) atoms. The van der Waals surface area contributed by atoms with Gasteiger partial charge in [0.2, 0.25) is 0 Å². The quantitative estimate of drug-likeness (QED) is 0.810. The maximum atomic E-state index is 6.06. The molecule has 1 aromatic rings. The van der Waals surface area contributed by atoms with E-state index in [9.17, 15) is 0 Å². The lowest BCUT2D eigenvalue weighted by molar-refractivity contribution is 0.0962. The molecule has 0 spiro atoms. The second-order valence-corrected chi connectivity index (χ2v) is 7.04. The van der Waals surface area contributed by atoms with Crippen LogP contribution in [-0.2, 0) is 13.0 Å². The van der Waals surface area contributed by atoms with Gasteiger partial charge in [-0.1, -0.05) is 29.8 Å². The van der Waals surface area contributed by atoms with Gasteiger partial charge in [-0.15, -0.1) is 0 Å². The first-order valence-corrected chi connectivity index (χ1v) is 8.72. The van der Waals surface area contributed by atoms with Crippen molar-refractivity contribution in [2.45, 2.75) is 52.1 Å². The summed E-state index contributed by atoms with van der Waals surface area (Å²) in [5.41, 5.74) is 8.71. The summed E-state index contributed by atoms with van der Waals surface area (Å²) >= 11 is 3.63. The molecular formula is C17H27BrN2O. The van der Waals surface area contributed by atoms with Gasteiger partial charge in [-0.05, 0) is 44.0 Å². The maximum Gasteiger partial charge on any atom is 0.127 e. The molecule has 0 saturated carbocycles. The molecule has 1 unspecified atom stereocenters. The summed E-state index contributed by atoms with van der Waals surface area (Å²) in [4.78, 5) is 2.51. The van der Waals surface area contributed by atoms with Crippen LogP contribution in [0.3, 0.4) is 0 Å². The minimum atomic E-state index is 0.0455. The monoisotopic (exact) mass is 354 g/mol. The van der Waals surface area contributed by atoms with Crippen LogP contribution in [0.1, 0.15) is 44.7 Å². The molecule has 0 aromatic heterocycles. The van der Waals surface area contributed by atoms with Crippen LogP contribution in [0.4, 0.5) is 0 Å². The predicted molar refractivity (Wildman–Crippen MR) is 91.8 cm³/mol. The van der Waals surface area contributed by atoms with Gasteiger partial charge >= 0.3 is 0 Å². The Labute approximate surface area is 137 Å². The molecule has 0 aliphatic carbocycles. The van der Waals surface area contributed by atoms with Crippen LogP contribution in [0.5, 0.6) is 5.75 Å². The van der Waals surface area contributed by atoms with Crippen molar-refractivity contribution in [3.63, 3.8) is 0 Å². The minimum Gasteiger partial charge on any atom is -0.493 e. The summed E-state index contributed by atoms with van der Waals surface area (Å²) in [5, 5.41) is 0. The lowest BCUT2D eigenvalue weighted by Crippen LogP contribution is -2.51. The van der Waals surface area contributed by atoms with Crippen LogP contribution in [-0.4, -0.2) is 30.1 Å². The summed E-state index contributed by atoms with van der Waals surface area (Å²) in [5.74, 6) is 1.09. The zero-order chi connectivity index (χ0) is 15.5. The molecule has 1 aromatic carbocycles. The molecule has 0 saturated heterocycles. The molecule has 0 fully saturated rings. The number of hydrogen-bond acceptors (Lipinski definition) is 3. The molecule has 118 valence electrons. The fraction of sp³-hybridized carbons (Fsp3) is 0.647. The lowest BCUT2D eigenvalue weighted by Gasteiger charge is -2.40. The average molecular weight is 355 g/mol. The molecule has 1 aliphatic rings. The third-order valence-electron chi connectivity index (χ3n) is 4.64. The second kappa shape index (κ2) is 7.12. The smallest absolute Gasteiger partial charge is 0.127 e. The number of rotatable bonds is 7. The zero-order valence-corrected chi connectivity index (χ0v) is 15.0. The van der Waals surface area contributed by atoms with Crippen molar-refractivity contribution >= 4 is 15.9 Å². The molecule has 1 aliphatic heterocycles. The van der Waals surface area contributed by atoms with Crippen molar-refractivity contribution < 1.29 is 4.74 Å². The highest BCUT2D eigenvalue weighted by atomic mass is 79.9. The zero-order valence-electron chi connectivity index (χ0n) is 13.4. The van der Waals surface area contributed by atoms with Crippen molar-refractivity contribution in [1.82, 2.24) is 4.90 Å². The SMILES string of the molecule is CCCN(Cc1cc(Br)cc2c1OCC2)C(C)(CC)CN. The first kappa shape index (κ1) is 16.8. The highest BCUT2D eigenvalue weighted by molar-refractivity contribution is 9.10. The van der Waals surface area contributed by atoms with Gasteiger partial charge in [-0.2, -0.15) is 0 Å². The minimum absolute atomic E-state index is 0.0455. The van der Waals surface area contributed by atoms with Gasteiger partial charge in [0, 0.05) is 35.1 Å². The van der Waals surface area contributed by atoms with E-state index in [0.717, 1.165) is 49.2 Å². The number of nitrogens with two attached hydrogens (primary N) is 1. The van der Waals surface area contributed by atoms with E-state index in [1.165, 1.54) is 11.1 Å². The van der Waals surface area contributed by atoms with Crippen molar-refractivity contribution in [3.8, 4) is 5.75 Å². The Morgan fingerprint density at radius 2 is 2.14 bits per heavy atom. The third kappa shape index (κ3) is 3.61. The summed E-state index contributed by atoms with van der Waals surface area (Å²) in [6, 6.07) is 4.37. The standard InChI is InChI=1S/C17H27BrN2O/c1-4-7-20(17(3,5-2)12-19)11-14-10-15(18)9-13-6-8-21-16(13)14/h9-10H,4-8,11-12,19H2,1-3H3. The van der Waals surface area contributed by atoms with Gasteiger partial charge in [-0.3, -0.25) is 4.90 Å². The average Bonchev–Trinajstić information content (AvgIpc) is 2.94. The highest BCUT2D eigenvalue weighted by Crippen LogP contribution is 2.35. The van der Waals surface area contributed by atoms with Gasteiger partial charge in [0.05, 0.1) is 6.61 Å². The van der Waals surface area contributed by atoms with E-state index in [4.69, 9.17) is 10.5 Å². The summed E-state index contributed by atoms with van der Waals surface area (Å²) < 4.78 is 7.01. The number of halogens is 1. The topological polar surface area (TPSA) is 38.5 Å². The van der Waals surface area contributed by atoms with E-state index >= 15 is 0 Å². The van der Waals surface area contributed by atoms with E-state index in [-0.39, 0.29) is 5.54 Å². The van der Waals surface area contributed by atoms with Crippen molar-refractivity contribution in [1.29, 1.82) is 0 Å². The predicted octanol–water partition coefficient (Wildman–Crippen LogP) is 3.72. The van der Waals surface area contributed by atoms with Gasteiger partial charge in [0.25, 0.3) is 0 Å². The van der Waals surface area contributed by atoms with E-state index in [0.29, 0.717) is 6.54 Å². The van der Waals surface area contributed by atoms with Gasteiger partial charge in [0.15, 0.2) is 0 Å². The van der Waals surface area contributed by atoms with Crippen LogP contribution >= 0.6 is 15.9 Å². The Morgan fingerprint density at radius 3 is 2.76 bits per heavy atom. The summed E-state index contributed by atoms with van der Waals surface area (Å²) in [7, 11) is 0. The maximum absolute atomic E-state index is 6.06. The largest absolute Gasteiger partial charge is 0.493 e. The molecule has 1 heterocycles. The molecule has 2 N–H and O–H groups in total. The highest BCUT2D eigenvalue weighted by Gasteiger charge is 2.29. The second-order valence-electron chi connectivity index (χ2n) is 6.13. The van der Waals surface area contributed by atoms with E-state index < -0.39 is 0 Å². The molecule has 0 radical (unpaired) electrons. The molecule has 1 atom stereocenters. The van der Waals surface area contributed by atoms with Crippen molar-refractivity contribution in [3.05, 3.63) is 27.7 Å². The Kier molecular flexibility index (Phi) is 5.69. The normalized spacial score (nSPS) is 16.7. The Hall–Kier alpha value is -0.580. The number of fused-ring (bicyclic) bond motifs is 1. The van der Waals surface area contributed by atoms with Gasteiger partial charge < -0.3 is 10.5 Å². The number of hydrogen-bond donors (Lipinski definition) is 1. The molecule has 0 bridgehead atoms. The fourth-order valence-corrected chi connectivity index (χ4v) is 3.53. The first-order chi connectivity index (χ1) is 10.0. The Balaban J connectivity index is 2.29. The Morgan fingerprint density at radius 1 is 1.38 bits per heavy atom. The molecule has 2 rings (SSSR count). The van der Waals surface area contributed by atoms with Crippen molar-refractivity contribution in [2.24, 2.45) is 5.73 Å². The third-order valence-corrected chi connectivity index (χ3v) is 5.10. The molecule has 4 heteroatoms. The summed E-state index contributed by atoms with van der Waals surface area (Å²) in [6.07, 6.45) is 3.20. The summed E-state index contributed by atoms with van der Waals surface area (Å²) in [6.45, 7) is 10.1. The van der Waals surface area contributed by atoms with E-state index in [2.05, 4.69) is 53.7 Å². The van der Waals surface area contributed by atoms with Crippen LogP contribution in [0.15, 0.2) is 16.6 Å². The van der Waals surface area contributed by atoms with Crippen LogP contribution in [0.2, 0.25) is 0 Å². The van der Waals surface area contributed by atoms with Crippen LogP contribution in [0, 0.1) is 0 Å². The van der Waals surface area contributed by atoms with Crippen LogP contribution in [0.25, 0.3) is 0 Å². The fourth-order valence-electron chi connectivity index (χ4n) is 2.98. The van der Waals surface area contributed by atoms with Gasteiger partial charge in [0.1, 0.15) is 5.75 Å². The van der Waals surface area contributed by atoms with E-state index in [1.54, 1.807) is 0 Å². The molecule has 0 amide bonds. The van der Waals surface area contributed by atoms with Gasteiger partial charge in [-0.25, -0.2) is 0 Å². The van der Waals surface area contributed by atoms with E-state index in [1.807, 2.05) is 0 Å². The molecular weight excluding hydrogens is 328 g/mol. The lowest BCUT2D eigenvalue weighted by atomic mass is 9.95. The number of benzene rings is 1.